The van der Waals surface area contributed by atoms with Crippen LogP contribution in [0.4, 0.5) is 0 Å². The number of Topliss-reactive ketones (excluding diaryl/α,β-unsaturated/α-hetero) is 1. The number of hydrogen-bond acceptors (Lipinski definition) is 4. The van der Waals surface area contributed by atoms with Crippen molar-refractivity contribution in [2.24, 2.45) is 0 Å². The van der Waals surface area contributed by atoms with Gasteiger partial charge in [-0.25, -0.2) is 0 Å². The van der Waals surface area contributed by atoms with Crippen molar-refractivity contribution >= 4 is 18.1 Å². The van der Waals surface area contributed by atoms with E-state index in [1.54, 1.807) is 29.2 Å². The molecule has 0 radical (unpaired) electrons. The van der Waals surface area contributed by atoms with Gasteiger partial charge in [-0.15, -0.1) is 0 Å². The Morgan fingerprint density at radius 3 is 2.50 bits per heavy atom. The van der Waals surface area contributed by atoms with Crippen LogP contribution in [0.25, 0.3) is 0 Å². The zero-order chi connectivity index (χ0) is 14.5. The average molecular weight is 276 g/mol. The SMILES string of the molecule is COc1cccc(C(=O)C(=O)N2CCN(C=O)CC2)c1. The van der Waals surface area contributed by atoms with E-state index in [0.29, 0.717) is 37.5 Å². The van der Waals surface area contributed by atoms with Crippen LogP contribution in [-0.4, -0.2) is 61.2 Å². The van der Waals surface area contributed by atoms with Crippen LogP contribution in [0.1, 0.15) is 10.4 Å². The van der Waals surface area contributed by atoms with Crippen LogP contribution in [0.5, 0.6) is 5.75 Å². The minimum Gasteiger partial charge on any atom is -0.497 e. The largest absolute Gasteiger partial charge is 0.497 e. The van der Waals surface area contributed by atoms with Crippen LogP contribution < -0.4 is 4.74 Å². The van der Waals surface area contributed by atoms with E-state index in [9.17, 15) is 14.4 Å². The average Bonchev–Trinajstić information content (AvgIpc) is 2.53. The summed E-state index contributed by atoms with van der Waals surface area (Å²) in [5.74, 6) is -0.554. The molecule has 0 saturated carbocycles. The molecule has 1 aliphatic rings. The molecule has 1 fully saturated rings. The molecular formula is C14H16N2O4. The number of carbonyl (C=O) groups excluding carboxylic acids is 3. The van der Waals surface area contributed by atoms with Crippen molar-refractivity contribution < 1.29 is 19.1 Å². The van der Waals surface area contributed by atoms with Gasteiger partial charge in [0.1, 0.15) is 5.75 Å². The Morgan fingerprint density at radius 2 is 1.90 bits per heavy atom. The molecule has 0 spiro atoms. The summed E-state index contributed by atoms with van der Waals surface area (Å²) in [5.41, 5.74) is 0.312. The fraction of sp³-hybridized carbons (Fsp3) is 0.357. The van der Waals surface area contributed by atoms with Gasteiger partial charge in [0, 0.05) is 31.7 Å². The van der Waals surface area contributed by atoms with E-state index in [0.717, 1.165) is 6.41 Å². The van der Waals surface area contributed by atoms with Crippen molar-refractivity contribution in [2.75, 3.05) is 33.3 Å². The molecule has 0 atom stereocenters. The number of hydrogen-bond donors (Lipinski definition) is 0. The highest BCUT2D eigenvalue weighted by molar-refractivity contribution is 6.42. The first-order valence-corrected chi connectivity index (χ1v) is 6.32. The summed E-state index contributed by atoms with van der Waals surface area (Å²) in [7, 11) is 1.50. The van der Waals surface area contributed by atoms with Crippen LogP contribution in [0.15, 0.2) is 24.3 Å². The molecule has 2 rings (SSSR count). The topological polar surface area (TPSA) is 66.9 Å². The normalized spacial score (nSPS) is 14.8. The van der Waals surface area contributed by atoms with Crippen LogP contribution in [0.2, 0.25) is 0 Å². The highest BCUT2D eigenvalue weighted by Gasteiger charge is 2.26. The molecule has 1 aromatic carbocycles. The fourth-order valence-electron chi connectivity index (χ4n) is 2.06. The van der Waals surface area contributed by atoms with Crippen LogP contribution in [0, 0.1) is 0 Å². The van der Waals surface area contributed by atoms with E-state index < -0.39 is 11.7 Å². The summed E-state index contributed by atoms with van der Waals surface area (Å²) in [6, 6.07) is 6.51. The minimum atomic E-state index is -0.552. The van der Waals surface area contributed by atoms with Gasteiger partial charge in [-0.1, -0.05) is 12.1 Å². The van der Waals surface area contributed by atoms with Gasteiger partial charge in [-0.3, -0.25) is 14.4 Å². The number of methoxy groups -OCH3 is 1. The number of nitrogens with zero attached hydrogens (tertiary/aromatic N) is 2. The number of carbonyl (C=O) groups is 3. The Balaban J connectivity index is 2.05. The molecule has 6 nitrogen and oxygen atoms in total. The first kappa shape index (κ1) is 14.0. The molecule has 2 amide bonds. The van der Waals surface area contributed by atoms with Gasteiger partial charge in [0.15, 0.2) is 0 Å². The first-order chi connectivity index (χ1) is 9.65. The van der Waals surface area contributed by atoms with Gasteiger partial charge in [-0.2, -0.15) is 0 Å². The van der Waals surface area contributed by atoms with E-state index in [2.05, 4.69) is 0 Å². The second kappa shape index (κ2) is 6.18. The summed E-state index contributed by atoms with van der Waals surface area (Å²) < 4.78 is 5.04. The Labute approximate surface area is 116 Å². The Morgan fingerprint density at radius 1 is 1.20 bits per heavy atom. The summed E-state index contributed by atoms with van der Waals surface area (Å²) in [6.07, 6.45) is 0.756. The van der Waals surface area contributed by atoms with Crippen LogP contribution >= 0.6 is 0 Å². The van der Waals surface area contributed by atoms with E-state index in [-0.39, 0.29) is 0 Å². The van der Waals surface area contributed by atoms with Crippen molar-refractivity contribution in [3.63, 3.8) is 0 Å². The van der Waals surface area contributed by atoms with E-state index in [1.807, 2.05) is 0 Å². The third-order valence-corrected chi connectivity index (χ3v) is 3.28. The molecular weight excluding hydrogens is 260 g/mol. The van der Waals surface area contributed by atoms with Gasteiger partial charge in [-0.05, 0) is 12.1 Å². The molecule has 0 N–H and O–H groups in total. The molecule has 0 aliphatic carbocycles. The number of ketones is 1. The molecule has 1 heterocycles. The minimum absolute atomic E-state index is 0.312. The Kier molecular flexibility index (Phi) is 4.34. The van der Waals surface area contributed by atoms with Crippen molar-refractivity contribution in [1.82, 2.24) is 9.80 Å². The smallest absolute Gasteiger partial charge is 0.295 e. The number of amides is 2. The monoisotopic (exact) mass is 276 g/mol. The molecule has 1 aromatic rings. The fourth-order valence-corrected chi connectivity index (χ4v) is 2.06. The number of ether oxygens (including phenoxy) is 1. The second-order valence-corrected chi connectivity index (χ2v) is 4.49. The maximum atomic E-state index is 12.1. The van der Waals surface area contributed by atoms with Gasteiger partial charge in [0.25, 0.3) is 11.7 Å². The van der Waals surface area contributed by atoms with E-state index in [1.165, 1.54) is 12.0 Å². The lowest BCUT2D eigenvalue weighted by Crippen LogP contribution is -2.50. The van der Waals surface area contributed by atoms with Gasteiger partial charge in [0.2, 0.25) is 6.41 Å². The Hall–Kier alpha value is -2.37. The quantitative estimate of drug-likeness (QED) is 0.447. The van der Waals surface area contributed by atoms with Crippen LogP contribution in [-0.2, 0) is 9.59 Å². The first-order valence-electron chi connectivity index (χ1n) is 6.32. The van der Waals surface area contributed by atoms with Crippen LogP contribution in [0.3, 0.4) is 0 Å². The lowest BCUT2D eigenvalue weighted by atomic mass is 10.1. The third kappa shape index (κ3) is 2.96. The standard InChI is InChI=1S/C14H16N2O4/c1-20-12-4-2-3-11(9-12)13(18)14(19)16-7-5-15(10-17)6-8-16/h2-4,9-10H,5-8H2,1H3. The lowest BCUT2D eigenvalue weighted by molar-refractivity contribution is -0.131. The predicted molar refractivity (Wildman–Crippen MR) is 71.5 cm³/mol. The summed E-state index contributed by atoms with van der Waals surface area (Å²) >= 11 is 0. The van der Waals surface area contributed by atoms with Gasteiger partial charge < -0.3 is 14.5 Å². The van der Waals surface area contributed by atoms with Crippen molar-refractivity contribution in [1.29, 1.82) is 0 Å². The third-order valence-electron chi connectivity index (χ3n) is 3.28. The summed E-state index contributed by atoms with van der Waals surface area (Å²) in [4.78, 5) is 37.9. The van der Waals surface area contributed by atoms with Crippen molar-refractivity contribution in [3.8, 4) is 5.75 Å². The number of benzene rings is 1. The van der Waals surface area contributed by atoms with Crippen molar-refractivity contribution in [3.05, 3.63) is 29.8 Å². The number of piperazine rings is 1. The Bertz CT molecular complexity index is 522. The zero-order valence-electron chi connectivity index (χ0n) is 11.2. The molecule has 106 valence electrons. The molecule has 20 heavy (non-hydrogen) atoms. The summed E-state index contributed by atoms with van der Waals surface area (Å²) in [6.45, 7) is 1.68. The molecule has 6 heteroatoms. The molecule has 0 bridgehead atoms. The lowest BCUT2D eigenvalue weighted by Gasteiger charge is -2.32. The van der Waals surface area contributed by atoms with Crippen molar-refractivity contribution in [2.45, 2.75) is 0 Å². The van der Waals surface area contributed by atoms with Gasteiger partial charge in [0.05, 0.1) is 7.11 Å². The maximum absolute atomic E-state index is 12.1. The van der Waals surface area contributed by atoms with E-state index in [4.69, 9.17) is 4.74 Å². The summed E-state index contributed by atoms with van der Waals surface area (Å²) in [5, 5.41) is 0. The second-order valence-electron chi connectivity index (χ2n) is 4.49. The predicted octanol–water partition coefficient (Wildman–Crippen LogP) is 0.178. The molecule has 1 saturated heterocycles. The highest BCUT2D eigenvalue weighted by Crippen LogP contribution is 2.14. The molecule has 0 aromatic heterocycles. The molecule has 1 aliphatic heterocycles. The van der Waals surface area contributed by atoms with Gasteiger partial charge >= 0.3 is 0 Å². The maximum Gasteiger partial charge on any atom is 0.295 e. The molecule has 0 unspecified atom stereocenters. The zero-order valence-corrected chi connectivity index (χ0v) is 11.2. The number of rotatable bonds is 4. The van der Waals surface area contributed by atoms with E-state index >= 15 is 0 Å². The highest BCUT2D eigenvalue weighted by atomic mass is 16.5.